The molecule has 2 heterocycles. The van der Waals surface area contributed by atoms with E-state index in [9.17, 15) is 14.0 Å². The van der Waals surface area contributed by atoms with Gasteiger partial charge in [-0.2, -0.15) is 0 Å². The minimum absolute atomic E-state index is 0.0964. The summed E-state index contributed by atoms with van der Waals surface area (Å²) in [4.78, 5) is 29.5. The van der Waals surface area contributed by atoms with Crippen molar-refractivity contribution < 1.29 is 18.7 Å². The standard InChI is InChI=1S/C23H23FN2O3S/c1-29-17-8-5-16(6-9-17)7-10-22(27)25-11-13-26(14-12-25)23(28)21-15-18-19(24)3-2-4-20(18)30-21/h2-6,8-9,15H,7,10-14H2,1H3. The van der Waals surface area contributed by atoms with Crippen molar-refractivity contribution in [2.45, 2.75) is 12.8 Å². The molecule has 1 aromatic heterocycles. The molecule has 30 heavy (non-hydrogen) atoms. The zero-order valence-electron chi connectivity index (χ0n) is 16.8. The summed E-state index contributed by atoms with van der Waals surface area (Å²) in [6.07, 6.45) is 1.12. The first-order chi connectivity index (χ1) is 14.5. The Labute approximate surface area is 178 Å². The van der Waals surface area contributed by atoms with E-state index in [1.165, 1.54) is 17.4 Å². The number of hydrogen-bond donors (Lipinski definition) is 0. The van der Waals surface area contributed by atoms with Crippen LogP contribution in [0, 0.1) is 5.82 Å². The highest BCUT2D eigenvalue weighted by atomic mass is 32.1. The van der Waals surface area contributed by atoms with E-state index >= 15 is 0 Å². The molecule has 0 bridgehead atoms. The Morgan fingerprint density at radius 2 is 1.73 bits per heavy atom. The summed E-state index contributed by atoms with van der Waals surface area (Å²) < 4.78 is 19.8. The van der Waals surface area contributed by atoms with Crippen molar-refractivity contribution >= 4 is 33.2 Å². The maximum Gasteiger partial charge on any atom is 0.264 e. The molecular formula is C23H23FN2O3S. The molecule has 0 spiro atoms. The van der Waals surface area contributed by atoms with Gasteiger partial charge in [-0.25, -0.2) is 4.39 Å². The van der Waals surface area contributed by atoms with Crippen LogP contribution in [0.3, 0.4) is 0 Å². The quantitative estimate of drug-likeness (QED) is 0.620. The van der Waals surface area contributed by atoms with Gasteiger partial charge in [0, 0.05) is 42.7 Å². The Kier molecular flexibility index (Phi) is 5.99. The number of benzene rings is 2. The Bertz CT molecular complexity index is 1060. The van der Waals surface area contributed by atoms with Gasteiger partial charge in [-0.05, 0) is 42.3 Å². The molecule has 1 fully saturated rings. The van der Waals surface area contributed by atoms with E-state index in [-0.39, 0.29) is 17.6 Å². The van der Waals surface area contributed by atoms with E-state index in [0.717, 1.165) is 16.0 Å². The summed E-state index contributed by atoms with van der Waals surface area (Å²) in [5, 5.41) is 0.484. The van der Waals surface area contributed by atoms with E-state index in [0.29, 0.717) is 49.3 Å². The van der Waals surface area contributed by atoms with E-state index in [1.54, 1.807) is 24.1 Å². The second kappa shape index (κ2) is 8.83. The molecule has 0 radical (unpaired) electrons. The molecule has 0 N–H and O–H groups in total. The molecule has 4 rings (SSSR count). The van der Waals surface area contributed by atoms with E-state index in [2.05, 4.69) is 0 Å². The molecule has 2 amide bonds. The number of fused-ring (bicyclic) bond motifs is 1. The minimum atomic E-state index is -0.310. The first-order valence-corrected chi connectivity index (χ1v) is 10.7. The van der Waals surface area contributed by atoms with Crippen LogP contribution < -0.4 is 4.74 Å². The summed E-state index contributed by atoms with van der Waals surface area (Å²) >= 11 is 1.31. The first kappa shape index (κ1) is 20.3. The van der Waals surface area contributed by atoms with Crippen LogP contribution in [-0.2, 0) is 11.2 Å². The molecule has 0 atom stereocenters. The Morgan fingerprint density at radius 1 is 1.03 bits per heavy atom. The van der Waals surface area contributed by atoms with Gasteiger partial charge in [-0.1, -0.05) is 18.2 Å². The van der Waals surface area contributed by atoms with Crippen molar-refractivity contribution in [1.82, 2.24) is 9.80 Å². The van der Waals surface area contributed by atoms with Gasteiger partial charge in [0.2, 0.25) is 5.91 Å². The van der Waals surface area contributed by atoms with E-state index in [1.807, 2.05) is 35.2 Å². The smallest absolute Gasteiger partial charge is 0.264 e. The largest absolute Gasteiger partial charge is 0.497 e. The zero-order valence-corrected chi connectivity index (χ0v) is 17.6. The number of nitrogens with zero attached hydrogens (tertiary/aromatic N) is 2. The van der Waals surface area contributed by atoms with E-state index < -0.39 is 0 Å². The molecule has 5 nitrogen and oxygen atoms in total. The number of carbonyl (C=O) groups is 2. The molecule has 156 valence electrons. The third kappa shape index (κ3) is 4.31. The van der Waals surface area contributed by atoms with Crippen LogP contribution in [0.25, 0.3) is 10.1 Å². The van der Waals surface area contributed by atoms with Crippen molar-refractivity contribution in [3.8, 4) is 5.75 Å². The molecule has 3 aromatic rings. The molecule has 1 saturated heterocycles. The van der Waals surface area contributed by atoms with Crippen molar-refractivity contribution in [3.05, 3.63) is 64.8 Å². The number of amides is 2. The first-order valence-electron chi connectivity index (χ1n) is 9.93. The van der Waals surface area contributed by atoms with Crippen LogP contribution in [0.1, 0.15) is 21.7 Å². The Balaban J connectivity index is 1.30. The molecule has 0 aliphatic carbocycles. The fraction of sp³-hybridized carbons (Fsp3) is 0.304. The minimum Gasteiger partial charge on any atom is -0.497 e. The lowest BCUT2D eigenvalue weighted by Gasteiger charge is -2.34. The average Bonchev–Trinajstić information content (AvgIpc) is 3.23. The molecular weight excluding hydrogens is 403 g/mol. The van der Waals surface area contributed by atoms with E-state index in [4.69, 9.17) is 4.74 Å². The molecule has 0 unspecified atom stereocenters. The van der Waals surface area contributed by atoms with Gasteiger partial charge < -0.3 is 14.5 Å². The zero-order chi connectivity index (χ0) is 21.1. The third-order valence-electron chi connectivity index (χ3n) is 5.43. The van der Waals surface area contributed by atoms with Gasteiger partial charge in [-0.15, -0.1) is 11.3 Å². The lowest BCUT2D eigenvalue weighted by atomic mass is 10.1. The van der Waals surface area contributed by atoms with Gasteiger partial charge in [0.15, 0.2) is 0 Å². The van der Waals surface area contributed by atoms with Crippen LogP contribution in [0.2, 0.25) is 0 Å². The average molecular weight is 427 g/mol. The summed E-state index contributed by atoms with van der Waals surface area (Å²) in [5.74, 6) is 0.491. The topological polar surface area (TPSA) is 49.9 Å². The molecule has 0 saturated carbocycles. The number of rotatable bonds is 5. The van der Waals surface area contributed by atoms with Gasteiger partial charge in [-0.3, -0.25) is 9.59 Å². The van der Waals surface area contributed by atoms with Crippen LogP contribution in [0.15, 0.2) is 48.5 Å². The predicted molar refractivity (Wildman–Crippen MR) is 116 cm³/mol. The molecule has 2 aromatic carbocycles. The number of aryl methyl sites for hydroxylation is 1. The third-order valence-corrected chi connectivity index (χ3v) is 6.51. The maximum atomic E-state index is 13.9. The summed E-state index contributed by atoms with van der Waals surface area (Å²) in [7, 11) is 1.63. The van der Waals surface area contributed by atoms with Crippen LogP contribution in [0.5, 0.6) is 5.75 Å². The van der Waals surface area contributed by atoms with Crippen LogP contribution in [-0.4, -0.2) is 54.9 Å². The highest BCUT2D eigenvalue weighted by molar-refractivity contribution is 7.20. The lowest BCUT2D eigenvalue weighted by molar-refractivity contribution is -0.132. The van der Waals surface area contributed by atoms with Crippen LogP contribution >= 0.6 is 11.3 Å². The summed E-state index contributed by atoms with van der Waals surface area (Å²) in [6.45, 7) is 2.02. The second-order valence-corrected chi connectivity index (χ2v) is 8.37. The fourth-order valence-electron chi connectivity index (χ4n) is 3.65. The SMILES string of the molecule is COc1ccc(CCC(=O)N2CCN(C(=O)c3cc4c(F)cccc4s3)CC2)cc1. The Morgan fingerprint density at radius 3 is 2.40 bits per heavy atom. The van der Waals surface area contributed by atoms with Crippen molar-refractivity contribution in [2.24, 2.45) is 0 Å². The summed E-state index contributed by atoms with van der Waals surface area (Å²) in [6, 6.07) is 14.2. The van der Waals surface area contributed by atoms with Crippen molar-refractivity contribution in [1.29, 1.82) is 0 Å². The van der Waals surface area contributed by atoms with Crippen molar-refractivity contribution in [3.63, 3.8) is 0 Å². The molecule has 7 heteroatoms. The highest BCUT2D eigenvalue weighted by Crippen LogP contribution is 2.28. The van der Waals surface area contributed by atoms with Gasteiger partial charge in [0.05, 0.1) is 12.0 Å². The maximum absolute atomic E-state index is 13.9. The van der Waals surface area contributed by atoms with Crippen LogP contribution in [0.4, 0.5) is 4.39 Å². The van der Waals surface area contributed by atoms with Gasteiger partial charge >= 0.3 is 0 Å². The monoisotopic (exact) mass is 426 g/mol. The summed E-state index contributed by atoms with van der Waals surface area (Å²) in [5.41, 5.74) is 1.09. The number of piperazine rings is 1. The Hall–Kier alpha value is -2.93. The highest BCUT2D eigenvalue weighted by Gasteiger charge is 2.26. The predicted octanol–water partition coefficient (Wildman–Crippen LogP) is 3.97. The second-order valence-electron chi connectivity index (χ2n) is 7.28. The van der Waals surface area contributed by atoms with Crippen molar-refractivity contribution in [2.75, 3.05) is 33.3 Å². The number of hydrogen-bond acceptors (Lipinski definition) is 4. The molecule has 1 aliphatic heterocycles. The van der Waals surface area contributed by atoms with Gasteiger partial charge in [0.25, 0.3) is 5.91 Å². The molecule has 1 aliphatic rings. The number of ether oxygens (including phenoxy) is 1. The van der Waals surface area contributed by atoms with Gasteiger partial charge in [0.1, 0.15) is 11.6 Å². The fourth-order valence-corrected chi connectivity index (χ4v) is 4.69. The normalized spacial score (nSPS) is 14.2. The number of halogens is 1. The number of thiophene rings is 1. The number of methoxy groups -OCH3 is 1. The lowest BCUT2D eigenvalue weighted by Crippen LogP contribution is -2.50. The number of carbonyl (C=O) groups excluding carboxylic acids is 2.